The second kappa shape index (κ2) is 5.65. The van der Waals surface area contributed by atoms with E-state index >= 15 is 0 Å². The molecule has 1 atom stereocenters. The quantitative estimate of drug-likeness (QED) is 0.872. The Morgan fingerprint density at radius 2 is 2.15 bits per heavy atom. The highest BCUT2D eigenvalue weighted by molar-refractivity contribution is 5.91. The third kappa shape index (κ3) is 2.74. The third-order valence-electron chi connectivity index (χ3n) is 3.22. The van der Waals surface area contributed by atoms with Gasteiger partial charge in [-0.1, -0.05) is 18.2 Å². The summed E-state index contributed by atoms with van der Waals surface area (Å²) in [6.07, 6.45) is 5.49. The minimum absolute atomic E-state index is 0.00583. The Morgan fingerprint density at radius 3 is 3.00 bits per heavy atom. The molecule has 0 radical (unpaired) electrons. The molecule has 0 saturated carbocycles. The molecule has 1 unspecified atom stereocenters. The highest BCUT2D eigenvalue weighted by atomic mass is 16.5. The fourth-order valence-electron chi connectivity index (χ4n) is 2.26. The van der Waals surface area contributed by atoms with Crippen LogP contribution in [0, 0.1) is 0 Å². The van der Waals surface area contributed by atoms with Gasteiger partial charge < -0.3 is 14.5 Å². The lowest BCUT2D eigenvalue weighted by Gasteiger charge is -2.26. The number of carbonyl (C=O) groups is 1. The molecule has 0 fully saturated rings. The number of hydrogen-bond donors (Lipinski definition) is 1. The van der Waals surface area contributed by atoms with E-state index in [-0.39, 0.29) is 11.9 Å². The largest absolute Gasteiger partial charge is 0.493 e. The summed E-state index contributed by atoms with van der Waals surface area (Å²) in [7, 11) is 0. The van der Waals surface area contributed by atoms with Gasteiger partial charge in [-0.05, 0) is 24.3 Å². The number of benzene rings is 1. The summed E-state index contributed by atoms with van der Waals surface area (Å²) in [6, 6.07) is 11.4. The van der Waals surface area contributed by atoms with Crippen LogP contribution in [0.25, 0.3) is 6.08 Å². The van der Waals surface area contributed by atoms with E-state index in [1.54, 1.807) is 24.5 Å². The van der Waals surface area contributed by atoms with E-state index in [0.29, 0.717) is 12.4 Å². The fourth-order valence-corrected chi connectivity index (χ4v) is 2.26. The van der Waals surface area contributed by atoms with Crippen LogP contribution in [0.2, 0.25) is 0 Å². The van der Waals surface area contributed by atoms with Crippen molar-refractivity contribution in [1.82, 2.24) is 5.32 Å². The molecule has 1 amide bonds. The lowest BCUT2D eigenvalue weighted by molar-refractivity contribution is -0.117. The Bertz CT molecular complexity index is 616. The average molecular weight is 269 g/mol. The first kappa shape index (κ1) is 12.5. The van der Waals surface area contributed by atoms with E-state index in [1.165, 1.54) is 6.08 Å². The molecule has 0 spiro atoms. The predicted molar refractivity (Wildman–Crippen MR) is 75.2 cm³/mol. The smallest absolute Gasteiger partial charge is 0.244 e. The molecular formula is C16H15NO3. The summed E-state index contributed by atoms with van der Waals surface area (Å²) in [4.78, 5) is 11.9. The van der Waals surface area contributed by atoms with Crippen molar-refractivity contribution in [3.63, 3.8) is 0 Å². The first-order valence-corrected chi connectivity index (χ1v) is 6.57. The van der Waals surface area contributed by atoms with E-state index in [0.717, 1.165) is 17.7 Å². The van der Waals surface area contributed by atoms with Crippen LogP contribution in [-0.2, 0) is 4.79 Å². The van der Waals surface area contributed by atoms with Crippen LogP contribution in [-0.4, -0.2) is 12.5 Å². The number of ether oxygens (including phenoxy) is 1. The van der Waals surface area contributed by atoms with Gasteiger partial charge in [0.25, 0.3) is 0 Å². The number of amides is 1. The maximum absolute atomic E-state index is 11.9. The minimum atomic E-state index is -0.136. The molecule has 1 aliphatic heterocycles. The van der Waals surface area contributed by atoms with E-state index < -0.39 is 0 Å². The lowest BCUT2D eigenvalue weighted by atomic mass is 10.0. The highest BCUT2D eigenvalue weighted by Crippen LogP contribution is 2.31. The molecule has 4 heteroatoms. The Morgan fingerprint density at radius 1 is 1.25 bits per heavy atom. The van der Waals surface area contributed by atoms with Crippen molar-refractivity contribution in [2.24, 2.45) is 0 Å². The van der Waals surface area contributed by atoms with E-state index in [4.69, 9.17) is 9.15 Å². The van der Waals surface area contributed by atoms with Crippen LogP contribution in [0.3, 0.4) is 0 Å². The molecule has 2 aromatic rings. The van der Waals surface area contributed by atoms with Crippen LogP contribution in [0.5, 0.6) is 5.75 Å². The normalized spacial score (nSPS) is 17.5. The average Bonchev–Trinajstić information content (AvgIpc) is 2.99. The van der Waals surface area contributed by atoms with Crippen molar-refractivity contribution in [1.29, 1.82) is 0 Å². The van der Waals surface area contributed by atoms with Crippen LogP contribution in [0.1, 0.15) is 23.8 Å². The van der Waals surface area contributed by atoms with E-state index in [9.17, 15) is 4.79 Å². The summed E-state index contributed by atoms with van der Waals surface area (Å²) in [5, 5.41) is 2.99. The molecule has 1 aliphatic rings. The van der Waals surface area contributed by atoms with Crippen LogP contribution >= 0.6 is 0 Å². The van der Waals surface area contributed by atoms with Crippen molar-refractivity contribution in [2.75, 3.05) is 6.61 Å². The first-order chi connectivity index (χ1) is 9.83. The number of para-hydroxylation sites is 1. The second-order valence-corrected chi connectivity index (χ2v) is 4.58. The van der Waals surface area contributed by atoms with Gasteiger partial charge in [-0.3, -0.25) is 4.79 Å². The van der Waals surface area contributed by atoms with Gasteiger partial charge in [0.15, 0.2) is 0 Å². The Hall–Kier alpha value is -2.49. The molecule has 0 bridgehead atoms. The van der Waals surface area contributed by atoms with Crippen molar-refractivity contribution in [3.05, 3.63) is 60.1 Å². The molecular weight excluding hydrogens is 254 g/mol. The van der Waals surface area contributed by atoms with Gasteiger partial charge in [-0.2, -0.15) is 0 Å². The zero-order chi connectivity index (χ0) is 13.8. The van der Waals surface area contributed by atoms with Gasteiger partial charge in [-0.25, -0.2) is 0 Å². The molecule has 102 valence electrons. The molecule has 4 nitrogen and oxygen atoms in total. The molecule has 20 heavy (non-hydrogen) atoms. The lowest BCUT2D eigenvalue weighted by Crippen LogP contribution is -2.30. The molecule has 3 rings (SSSR count). The molecule has 2 heterocycles. The summed E-state index contributed by atoms with van der Waals surface area (Å²) in [6.45, 7) is 0.615. The number of nitrogens with one attached hydrogen (secondary N) is 1. The van der Waals surface area contributed by atoms with Crippen molar-refractivity contribution < 1.29 is 13.9 Å². The molecule has 0 aliphatic carbocycles. The van der Waals surface area contributed by atoms with Crippen molar-refractivity contribution in [2.45, 2.75) is 12.5 Å². The van der Waals surface area contributed by atoms with Gasteiger partial charge in [0.05, 0.1) is 18.9 Å². The van der Waals surface area contributed by atoms with Crippen LogP contribution in [0.15, 0.2) is 53.2 Å². The van der Waals surface area contributed by atoms with E-state index in [2.05, 4.69) is 5.32 Å². The van der Waals surface area contributed by atoms with Crippen LogP contribution < -0.4 is 10.1 Å². The Balaban J connectivity index is 1.68. The number of carbonyl (C=O) groups excluding carboxylic acids is 1. The molecule has 1 N–H and O–H groups in total. The molecule has 0 saturated heterocycles. The zero-order valence-electron chi connectivity index (χ0n) is 10.9. The second-order valence-electron chi connectivity index (χ2n) is 4.58. The van der Waals surface area contributed by atoms with Gasteiger partial charge in [0.2, 0.25) is 5.91 Å². The fraction of sp³-hybridized carbons (Fsp3) is 0.188. The van der Waals surface area contributed by atoms with Gasteiger partial charge in [0.1, 0.15) is 11.5 Å². The monoisotopic (exact) mass is 269 g/mol. The summed E-state index contributed by atoms with van der Waals surface area (Å²) >= 11 is 0. The SMILES string of the molecule is O=C(/C=C/c1ccco1)NC1CCOc2ccccc21. The summed E-state index contributed by atoms with van der Waals surface area (Å²) < 4.78 is 10.7. The maximum Gasteiger partial charge on any atom is 0.244 e. The van der Waals surface area contributed by atoms with Crippen molar-refractivity contribution >= 4 is 12.0 Å². The molecule has 1 aromatic carbocycles. The van der Waals surface area contributed by atoms with Crippen molar-refractivity contribution in [3.8, 4) is 5.75 Å². The summed E-state index contributed by atoms with van der Waals surface area (Å²) in [5.74, 6) is 1.37. The zero-order valence-corrected chi connectivity index (χ0v) is 10.9. The van der Waals surface area contributed by atoms with Gasteiger partial charge in [0, 0.05) is 18.1 Å². The predicted octanol–water partition coefficient (Wildman–Crippen LogP) is 2.93. The third-order valence-corrected chi connectivity index (χ3v) is 3.22. The minimum Gasteiger partial charge on any atom is -0.493 e. The van der Waals surface area contributed by atoms with Crippen LogP contribution in [0.4, 0.5) is 0 Å². The van der Waals surface area contributed by atoms with E-state index in [1.807, 2.05) is 24.3 Å². The van der Waals surface area contributed by atoms with Gasteiger partial charge in [-0.15, -0.1) is 0 Å². The summed E-state index contributed by atoms with van der Waals surface area (Å²) in [5.41, 5.74) is 1.03. The van der Waals surface area contributed by atoms with Gasteiger partial charge >= 0.3 is 0 Å². The standard InChI is InChI=1S/C16H15NO3/c18-16(8-7-12-4-3-10-19-12)17-14-9-11-20-15-6-2-1-5-13(14)15/h1-8,10,14H,9,11H2,(H,17,18)/b8-7+. The Labute approximate surface area is 117 Å². The first-order valence-electron chi connectivity index (χ1n) is 6.57. The Kier molecular flexibility index (Phi) is 3.54. The molecule has 1 aromatic heterocycles. The number of rotatable bonds is 3. The topological polar surface area (TPSA) is 51.5 Å². The number of hydrogen-bond acceptors (Lipinski definition) is 3. The highest BCUT2D eigenvalue weighted by Gasteiger charge is 2.21. The number of furan rings is 1. The maximum atomic E-state index is 11.9. The number of fused-ring (bicyclic) bond motifs is 1.